The van der Waals surface area contributed by atoms with Gasteiger partial charge in [0.05, 0.1) is 34.7 Å². The van der Waals surface area contributed by atoms with E-state index in [2.05, 4.69) is 6.07 Å². The number of methoxy groups -OCH3 is 1. The van der Waals surface area contributed by atoms with Crippen molar-refractivity contribution in [1.29, 1.82) is 5.26 Å². The number of ether oxygens (including phenoxy) is 2. The number of esters is 1. The SMILES string of the molecule is COc1ccccc1C(=O)COC(=O)c1ccc(N2C(=O)CC(Sc3nc4c(cc3C#N)CCCCC4)C2=O)cc1. The molecule has 1 aromatic heterocycles. The van der Waals surface area contributed by atoms with Crippen LogP contribution in [0.5, 0.6) is 5.75 Å². The summed E-state index contributed by atoms with van der Waals surface area (Å²) in [7, 11) is 1.45. The first-order chi connectivity index (χ1) is 19.9. The average molecular weight is 570 g/mol. The van der Waals surface area contributed by atoms with Crippen molar-refractivity contribution in [3.63, 3.8) is 0 Å². The number of aromatic nitrogens is 1. The number of anilines is 1. The fourth-order valence-electron chi connectivity index (χ4n) is 4.98. The van der Waals surface area contributed by atoms with Crippen molar-refractivity contribution in [3.8, 4) is 11.8 Å². The van der Waals surface area contributed by atoms with Crippen molar-refractivity contribution < 1.29 is 28.7 Å². The van der Waals surface area contributed by atoms with Gasteiger partial charge in [0.15, 0.2) is 6.61 Å². The molecule has 2 aliphatic rings. The molecule has 5 rings (SSSR count). The number of para-hydroxylation sites is 1. The predicted molar refractivity (Wildman–Crippen MR) is 151 cm³/mol. The van der Waals surface area contributed by atoms with Crippen LogP contribution in [-0.2, 0) is 27.2 Å². The first-order valence-electron chi connectivity index (χ1n) is 13.3. The van der Waals surface area contributed by atoms with Crippen LogP contribution in [0, 0.1) is 11.3 Å². The highest BCUT2D eigenvalue weighted by Gasteiger charge is 2.41. The predicted octanol–water partition coefficient (Wildman–Crippen LogP) is 4.69. The highest BCUT2D eigenvalue weighted by Crippen LogP contribution is 2.36. The van der Waals surface area contributed by atoms with E-state index in [0.29, 0.717) is 27.6 Å². The average Bonchev–Trinajstić information content (AvgIpc) is 3.13. The van der Waals surface area contributed by atoms with Gasteiger partial charge < -0.3 is 9.47 Å². The summed E-state index contributed by atoms with van der Waals surface area (Å²) < 4.78 is 10.4. The number of amides is 2. The Hall–Kier alpha value is -4.49. The summed E-state index contributed by atoms with van der Waals surface area (Å²) in [5, 5.41) is 9.47. The lowest BCUT2D eigenvalue weighted by molar-refractivity contribution is -0.121. The molecule has 0 spiro atoms. The first kappa shape index (κ1) is 28.1. The number of pyridine rings is 1. The van der Waals surface area contributed by atoms with Crippen molar-refractivity contribution in [2.24, 2.45) is 0 Å². The van der Waals surface area contributed by atoms with E-state index in [1.54, 1.807) is 24.3 Å². The number of hydrogen-bond donors (Lipinski definition) is 0. The van der Waals surface area contributed by atoms with Crippen LogP contribution < -0.4 is 9.64 Å². The van der Waals surface area contributed by atoms with Crippen molar-refractivity contribution >= 4 is 41.0 Å². The molecule has 0 bridgehead atoms. The molecule has 0 N–H and O–H groups in total. The quantitative estimate of drug-likeness (QED) is 0.164. The Morgan fingerprint density at radius 1 is 1.07 bits per heavy atom. The summed E-state index contributed by atoms with van der Waals surface area (Å²) in [6.07, 6.45) is 4.91. The molecule has 2 aromatic carbocycles. The molecule has 0 saturated carbocycles. The normalized spacial score (nSPS) is 16.5. The minimum absolute atomic E-state index is 0.0258. The van der Waals surface area contributed by atoms with Gasteiger partial charge in [-0.15, -0.1) is 0 Å². The summed E-state index contributed by atoms with van der Waals surface area (Å²) in [6.45, 7) is -0.468. The molecular weight excluding hydrogens is 542 g/mol. The number of aryl methyl sites for hydroxylation is 2. The Labute approximate surface area is 241 Å². The second-order valence-corrected chi connectivity index (χ2v) is 10.9. The molecule has 10 heteroatoms. The second-order valence-electron chi connectivity index (χ2n) is 9.74. The third kappa shape index (κ3) is 6.00. The third-order valence-corrected chi connectivity index (χ3v) is 8.29. The molecule has 208 valence electrons. The van der Waals surface area contributed by atoms with Crippen LogP contribution in [0.25, 0.3) is 0 Å². The fraction of sp³-hybridized carbons (Fsp3) is 0.290. The zero-order valence-electron chi connectivity index (χ0n) is 22.4. The molecule has 1 saturated heterocycles. The molecular formula is C31H27N3O6S. The third-order valence-electron chi connectivity index (χ3n) is 7.10. The summed E-state index contributed by atoms with van der Waals surface area (Å²) in [5.74, 6) is -1.52. The summed E-state index contributed by atoms with van der Waals surface area (Å²) in [6, 6.07) is 16.6. The lowest BCUT2D eigenvalue weighted by Crippen LogP contribution is -2.31. The molecule has 9 nitrogen and oxygen atoms in total. The van der Waals surface area contributed by atoms with Crippen molar-refractivity contribution in [2.45, 2.75) is 48.8 Å². The van der Waals surface area contributed by atoms with Gasteiger partial charge in [-0.25, -0.2) is 14.7 Å². The summed E-state index contributed by atoms with van der Waals surface area (Å²) in [5.41, 5.74) is 3.26. The first-order valence-corrected chi connectivity index (χ1v) is 14.2. The Morgan fingerprint density at radius 2 is 1.83 bits per heavy atom. The molecule has 1 aliphatic carbocycles. The van der Waals surface area contributed by atoms with Gasteiger partial charge in [-0.3, -0.25) is 14.4 Å². The number of carbonyl (C=O) groups excluding carboxylic acids is 4. The van der Waals surface area contributed by atoms with Gasteiger partial charge in [-0.2, -0.15) is 5.26 Å². The largest absolute Gasteiger partial charge is 0.496 e. The van der Waals surface area contributed by atoms with Gasteiger partial charge in [0.1, 0.15) is 16.8 Å². The molecule has 0 radical (unpaired) electrons. The van der Waals surface area contributed by atoms with E-state index in [1.165, 1.54) is 31.4 Å². The maximum atomic E-state index is 13.3. The number of fused-ring (bicyclic) bond motifs is 1. The summed E-state index contributed by atoms with van der Waals surface area (Å²) >= 11 is 1.15. The number of imide groups is 1. The van der Waals surface area contributed by atoms with E-state index in [1.807, 2.05) is 6.07 Å². The number of thioether (sulfide) groups is 1. The molecule has 2 heterocycles. The van der Waals surface area contributed by atoms with E-state index in [4.69, 9.17) is 14.5 Å². The maximum absolute atomic E-state index is 13.3. The lowest BCUT2D eigenvalue weighted by atomic mass is 10.1. The number of hydrogen-bond acceptors (Lipinski definition) is 9. The van der Waals surface area contributed by atoms with E-state index in [-0.39, 0.29) is 17.9 Å². The number of nitriles is 1. The van der Waals surface area contributed by atoms with Crippen molar-refractivity contribution in [3.05, 3.63) is 82.5 Å². The van der Waals surface area contributed by atoms with Gasteiger partial charge in [0, 0.05) is 12.1 Å². The van der Waals surface area contributed by atoms with Crippen LogP contribution >= 0.6 is 11.8 Å². The Balaban J connectivity index is 1.24. The van der Waals surface area contributed by atoms with Crippen LogP contribution in [0.4, 0.5) is 5.69 Å². The van der Waals surface area contributed by atoms with E-state index in [0.717, 1.165) is 60.0 Å². The zero-order valence-corrected chi connectivity index (χ0v) is 23.2. The molecule has 1 aliphatic heterocycles. The smallest absolute Gasteiger partial charge is 0.338 e. The molecule has 1 atom stereocenters. The second kappa shape index (κ2) is 12.4. The highest BCUT2D eigenvalue weighted by molar-refractivity contribution is 8.00. The molecule has 1 unspecified atom stereocenters. The molecule has 3 aromatic rings. The van der Waals surface area contributed by atoms with E-state index in [9.17, 15) is 24.4 Å². The Morgan fingerprint density at radius 3 is 2.59 bits per heavy atom. The Kier molecular flexibility index (Phi) is 8.45. The number of ketones is 1. The molecule has 1 fully saturated rings. The van der Waals surface area contributed by atoms with Crippen LogP contribution in [0.1, 0.15) is 63.2 Å². The van der Waals surface area contributed by atoms with Crippen LogP contribution in [-0.4, -0.2) is 47.5 Å². The van der Waals surface area contributed by atoms with E-state index < -0.39 is 29.5 Å². The standard InChI is InChI=1S/C31H27N3O6S/c1-39-26-10-6-5-8-23(26)25(35)18-40-31(38)19-11-13-22(14-12-19)34-28(36)16-27(30(34)37)41-29-21(17-32)15-20-7-3-2-4-9-24(20)33-29/h5-6,8,10-15,27H,2-4,7,9,16,18H2,1H3. The number of nitrogens with zero attached hydrogens (tertiary/aromatic N) is 3. The lowest BCUT2D eigenvalue weighted by Gasteiger charge is -2.16. The van der Waals surface area contributed by atoms with Gasteiger partial charge in [0.25, 0.3) is 0 Å². The van der Waals surface area contributed by atoms with Gasteiger partial charge in [0.2, 0.25) is 17.6 Å². The van der Waals surface area contributed by atoms with Crippen molar-refractivity contribution in [2.75, 3.05) is 18.6 Å². The number of rotatable bonds is 8. The Bertz CT molecular complexity index is 1560. The molecule has 2 amide bonds. The highest BCUT2D eigenvalue weighted by atomic mass is 32.2. The topological polar surface area (TPSA) is 127 Å². The van der Waals surface area contributed by atoms with E-state index >= 15 is 0 Å². The number of benzene rings is 2. The van der Waals surface area contributed by atoms with Gasteiger partial charge in [-0.1, -0.05) is 30.3 Å². The number of carbonyl (C=O) groups is 4. The minimum atomic E-state index is -0.717. The maximum Gasteiger partial charge on any atom is 0.338 e. The van der Waals surface area contributed by atoms with Crippen molar-refractivity contribution in [1.82, 2.24) is 4.98 Å². The molecule has 41 heavy (non-hydrogen) atoms. The zero-order chi connectivity index (χ0) is 28.9. The number of Topliss-reactive ketones (excluding diaryl/α,β-unsaturated/α-hetero) is 1. The van der Waals surface area contributed by atoms with Crippen LogP contribution in [0.3, 0.4) is 0 Å². The van der Waals surface area contributed by atoms with Crippen LogP contribution in [0.2, 0.25) is 0 Å². The monoisotopic (exact) mass is 569 g/mol. The van der Waals surface area contributed by atoms with Gasteiger partial charge in [-0.05, 0) is 73.7 Å². The van der Waals surface area contributed by atoms with Crippen LogP contribution in [0.15, 0.2) is 59.6 Å². The fourth-order valence-corrected chi connectivity index (χ4v) is 6.07. The minimum Gasteiger partial charge on any atom is -0.496 e. The van der Waals surface area contributed by atoms with Gasteiger partial charge >= 0.3 is 5.97 Å². The summed E-state index contributed by atoms with van der Waals surface area (Å²) in [4.78, 5) is 57.0.